The predicted octanol–water partition coefficient (Wildman–Crippen LogP) is -3.32. The normalized spacial score (nSPS) is 14.2. The summed E-state index contributed by atoms with van der Waals surface area (Å²) in [5, 5.41) is 33.4. The summed E-state index contributed by atoms with van der Waals surface area (Å²) in [7, 11) is 0. The fourth-order valence-electron chi connectivity index (χ4n) is 2.09. The third-order valence-electron chi connectivity index (χ3n) is 3.37. The monoisotopic (exact) mass is 350 g/mol. The molecule has 0 saturated heterocycles. The number of nitrogens with one attached hydrogen (secondary N) is 1. The summed E-state index contributed by atoms with van der Waals surface area (Å²) < 4.78 is 0. The number of allylic oxidation sites excluding steroid dienone is 2. The number of aliphatic carboxylic acids is 1. The molecule has 0 aromatic heterocycles. The zero-order valence-corrected chi connectivity index (χ0v) is 17.3. The zero-order valence-electron chi connectivity index (χ0n) is 15.3. The van der Waals surface area contributed by atoms with Crippen molar-refractivity contribution < 1.29 is 49.7 Å². The second kappa shape index (κ2) is 17.6. The Hall–Kier alpha value is -0.210. The van der Waals surface area contributed by atoms with Gasteiger partial charge < -0.3 is 25.4 Å². The van der Waals surface area contributed by atoms with Gasteiger partial charge in [0.1, 0.15) is 0 Å². The molecule has 2 atom stereocenters. The molecule has 6 nitrogen and oxygen atoms in total. The van der Waals surface area contributed by atoms with E-state index in [-0.39, 0.29) is 36.0 Å². The van der Waals surface area contributed by atoms with Crippen LogP contribution in [-0.2, 0) is 4.79 Å². The second-order valence-corrected chi connectivity index (χ2v) is 5.54. The van der Waals surface area contributed by atoms with Crippen molar-refractivity contribution in [1.82, 2.24) is 10.2 Å². The van der Waals surface area contributed by atoms with Crippen molar-refractivity contribution in [1.29, 1.82) is 0 Å². The van der Waals surface area contributed by atoms with E-state index in [0.29, 0.717) is 45.6 Å². The quantitative estimate of drug-likeness (QED) is 0.172. The van der Waals surface area contributed by atoms with E-state index in [0.717, 1.165) is 0 Å². The fourth-order valence-corrected chi connectivity index (χ4v) is 2.09. The van der Waals surface area contributed by atoms with Crippen LogP contribution in [-0.4, -0.2) is 66.0 Å². The summed E-state index contributed by atoms with van der Waals surface area (Å²) in [6, 6.07) is 0. The van der Waals surface area contributed by atoms with Gasteiger partial charge in [0.25, 0.3) is 0 Å². The van der Waals surface area contributed by atoms with Crippen LogP contribution in [0.4, 0.5) is 0 Å². The summed E-state index contributed by atoms with van der Waals surface area (Å²) in [6.45, 7) is 6.28. The summed E-state index contributed by atoms with van der Waals surface area (Å²) in [5.41, 5.74) is 0. The Morgan fingerprint density at radius 1 is 1.12 bits per heavy atom. The molecular weight excluding hydrogens is 319 g/mol. The minimum atomic E-state index is -1.09. The third-order valence-corrected chi connectivity index (χ3v) is 3.37. The Bertz CT molecular complexity index is 364. The molecule has 0 bridgehead atoms. The molecule has 0 aliphatic rings. The second-order valence-electron chi connectivity index (χ2n) is 5.54. The number of aliphatic hydroxyl groups is 2. The fraction of sp³-hybridized carbons (Fsp3) is 0.706. The minimum absolute atomic E-state index is 0. The minimum Gasteiger partial charge on any atom is -0.550 e. The summed E-state index contributed by atoms with van der Waals surface area (Å²) in [5.74, 6) is -1.09. The molecule has 0 spiro atoms. The SMILES string of the molecule is C/C=C/CC(O)CNCCN(CCC(=O)[O-])CC(O)C/C=C/C.[Na+]. The van der Waals surface area contributed by atoms with Crippen molar-refractivity contribution in [2.45, 2.75) is 45.3 Å². The number of carboxylic acid groups (broad SMARTS) is 1. The number of hydrogen-bond donors (Lipinski definition) is 3. The molecule has 0 saturated carbocycles. The van der Waals surface area contributed by atoms with E-state index in [9.17, 15) is 20.1 Å². The Morgan fingerprint density at radius 3 is 2.25 bits per heavy atom. The standard InChI is InChI=1S/C17H32N2O4.Na/c1-3-5-7-15(20)13-18-10-12-19(11-9-17(22)23)14-16(21)8-6-4-2;/h3-6,15-16,18,20-21H,7-14H2,1-2H3,(H,22,23);/q;+1/p-1/b5-3+,6-4+;. The van der Waals surface area contributed by atoms with E-state index in [1.54, 1.807) is 0 Å². The molecule has 0 aromatic rings. The van der Waals surface area contributed by atoms with Crippen LogP contribution in [0.1, 0.15) is 33.1 Å². The predicted molar refractivity (Wildman–Crippen MR) is 89.8 cm³/mol. The van der Waals surface area contributed by atoms with Crippen molar-refractivity contribution >= 4 is 5.97 Å². The van der Waals surface area contributed by atoms with Gasteiger partial charge in [0.05, 0.1) is 12.2 Å². The average Bonchev–Trinajstić information content (AvgIpc) is 2.52. The Morgan fingerprint density at radius 2 is 1.71 bits per heavy atom. The molecule has 0 aliphatic heterocycles. The van der Waals surface area contributed by atoms with Gasteiger partial charge in [0.2, 0.25) is 0 Å². The maximum absolute atomic E-state index is 10.6. The van der Waals surface area contributed by atoms with Gasteiger partial charge >= 0.3 is 29.6 Å². The maximum Gasteiger partial charge on any atom is 1.00 e. The first-order valence-corrected chi connectivity index (χ1v) is 8.20. The van der Waals surface area contributed by atoms with Crippen LogP contribution in [0.3, 0.4) is 0 Å². The third kappa shape index (κ3) is 16.6. The van der Waals surface area contributed by atoms with Crippen LogP contribution in [0.2, 0.25) is 0 Å². The van der Waals surface area contributed by atoms with Crippen LogP contribution in [0.15, 0.2) is 24.3 Å². The molecule has 0 fully saturated rings. The molecule has 7 heteroatoms. The Kier molecular flexibility index (Phi) is 19.1. The van der Waals surface area contributed by atoms with Crippen molar-refractivity contribution in [3.8, 4) is 0 Å². The van der Waals surface area contributed by atoms with E-state index < -0.39 is 18.2 Å². The average molecular weight is 350 g/mol. The molecule has 0 radical (unpaired) electrons. The zero-order chi connectivity index (χ0) is 17.5. The molecule has 0 rings (SSSR count). The summed E-state index contributed by atoms with van der Waals surface area (Å²) in [6.07, 6.45) is 7.73. The van der Waals surface area contributed by atoms with Gasteiger partial charge in [-0.15, -0.1) is 0 Å². The molecule has 134 valence electrons. The van der Waals surface area contributed by atoms with Gasteiger partial charge in [-0.3, -0.25) is 4.90 Å². The van der Waals surface area contributed by atoms with Gasteiger partial charge in [-0.1, -0.05) is 24.3 Å². The van der Waals surface area contributed by atoms with Crippen LogP contribution >= 0.6 is 0 Å². The number of rotatable bonds is 14. The van der Waals surface area contributed by atoms with E-state index in [2.05, 4.69) is 5.32 Å². The van der Waals surface area contributed by atoms with Crippen LogP contribution in [0, 0.1) is 0 Å². The van der Waals surface area contributed by atoms with Gasteiger partial charge in [-0.2, -0.15) is 0 Å². The summed E-state index contributed by atoms with van der Waals surface area (Å²) >= 11 is 0. The van der Waals surface area contributed by atoms with E-state index in [1.807, 2.05) is 43.1 Å². The first-order chi connectivity index (χ1) is 11.0. The number of hydrogen-bond acceptors (Lipinski definition) is 6. The first-order valence-electron chi connectivity index (χ1n) is 8.20. The molecule has 0 aliphatic carbocycles. The molecule has 24 heavy (non-hydrogen) atoms. The molecule has 0 heterocycles. The smallest absolute Gasteiger partial charge is 0.550 e. The largest absolute Gasteiger partial charge is 1.00 e. The first kappa shape index (κ1) is 26.0. The van der Waals surface area contributed by atoms with Gasteiger partial charge in [-0.05, 0) is 33.1 Å². The Labute approximate surface area is 167 Å². The van der Waals surface area contributed by atoms with Crippen LogP contribution in [0.25, 0.3) is 0 Å². The summed E-state index contributed by atoms with van der Waals surface area (Å²) in [4.78, 5) is 12.5. The molecular formula is C17H31N2NaO4. The van der Waals surface area contributed by atoms with E-state index in [4.69, 9.17) is 0 Å². The van der Waals surface area contributed by atoms with Gasteiger partial charge in [0.15, 0.2) is 0 Å². The van der Waals surface area contributed by atoms with E-state index >= 15 is 0 Å². The number of aliphatic hydroxyl groups excluding tert-OH is 2. The molecule has 3 N–H and O–H groups in total. The topological polar surface area (TPSA) is 95.9 Å². The van der Waals surface area contributed by atoms with Crippen LogP contribution < -0.4 is 40.0 Å². The molecule has 2 unspecified atom stereocenters. The molecule has 0 amide bonds. The van der Waals surface area contributed by atoms with E-state index in [1.165, 1.54) is 0 Å². The van der Waals surface area contributed by atoms with Crippen molar-refractivity contribution in [3.63, 3.8) is 0 Å². The van der Waals surface area contributed by atoms with Crippen molar-refractivity contribution in [3.05, 3.63) is 24.3 Å². The van der Waals surface area contributed by atoms with Crippen molar-refractivity contribution in [2.75, 3.05) is 32.7 Å². The van der Waals surface area contributed by atoms with Gasteiger partial charge in [-0.25, -0.2) is 0 Å². The molecule has 0 aromatic carbocycles. The Balaban J connectivity index is 0. The number of carbonyl (C=O) groups excluding carboxylic acids is 1. The number of carboxylic acids is 1. The maximum atomic E-state index is 10.6. The van der Waals surface area contributed by atoms with Crippen LogP contribution in [0.5, 0.6) is 0 Å². The van der Waals surface area contributed by atoms with Gasteiger partial charge in [0, 0.05) is 38.7 Å². The number of nitrogens with zero attached hydrogens (tertiary/aromatic N) is 1. The number of carbonyl (C=O) groups is 1. The van der Waals surface area contributed by atoms with Crippen molar-refractivity contribution in [2.24, 2.45) is 0 Å².